The molecule has 1 fully saturated rings. The van der Waals surface area contributed by atoms with Crippen molar-refractivity contribution in [2.24, 2.45) is 0 Å². The molecule has 1 atom stereocenters. The standard InChI is InChI=1S/C21H19N3O5/c1-26-15-5-2-4-13(10-15)19-22-23-20(29-19)16-6-3-9-24(16)21(25)14-7-8-17-18(11-14)28-12-27-17/h2,4-5,7-8,10-11,16H,3,6,9,12H2,1H3. The molecule has 148 valence electrons. The van der Waals surface area contributed by atoms with Crippen LogP contribution in [0.25, 0.3) is 11.5 Å². The molecule has 3 aromatic rings. The quantitative estimate of drug-likeness (QED) is 0.671. The second kappa shape index (κ2) is 7.12. The van der Waals surface area contributed by atoms with Crippen molar-refractivity contribution in [1.29, 1.82) is 0 Å². The number of aromatic nitrogens is 2. The van der Waals surface area contributed by atoms with Crippen LogP contribution in [0.15, 0.2) is 46.9 Å². The summed E-state index contributed by atoms with van der Waals surface area (Å²) in [4.78, 5) is 14.9. The highest BCUT2D eigenvalue weighted by molar-refractivity contribution is 5.95. The number of ether oxygens (including phenoxy) is 3. The average Bonchev–Trinajstić information content (AvgIpc) is 3.52. The third-order valence-corrected chi connectivity index (χ3v) is 5.18. The number of hydrogen-bond donors (Lipinski definition) is 0. The molecule has 29 heavy (non-hydrogen) atoms. The van der Waals surface area contributed by atoms with E-state index >= 15 is 0 Å². The van der Waals surface area contributed by atoms with Gasteiger partial charge in [0.15, 0.2) is 11.5 Å². The largest absolute Gasteiger partial charge is 0.497 e. The molecular weight excluding hydrogens is 374 g/mol. The first-order chi connectivity index (χ1) is 14.2. The Labute approximate surface area is 167 Å². The van der Waals surface area contributed by atoms with E-state index in [1.165, 1.54) is 0 Å². The summed E-state index contributed by atoms with van der Waals surface area (Å²) in [6.45, 7) is 0.809. The molecule has 2 aromatic carbocycles. The van der Waals surface area contributed by atoms with Crippen LogP contribution in [0.1, 0.15) is 35.1 Å². The summed E-state index contributed by atoms with van der Waals surface area (Å²) in [6.07, 6.45) is 1.65. The lowest BCUT2D eigenvalue weighted by Crippen LogP contribution is -2.30. The summed E-state index contributed by atoms with van der Waals surface area (Å²) >= 11 is 0. The zero-order valence-electron chi connectivity index (χ0n) is 15.8. The number of hydrogen-bond acceptors (Lipinski definition) is 7. The van der Waals surface area contributed by atoms with Crippen molar-refractivity contribution in [2.75, 3.05) is 20.4 Å². The molecule has 0 radical (unpaired) electrons. The Hall–Kier alpha value is -3.55. The molecule has 0 bridgehead atoms. The summed E-state index contributed by atoms with van der Waals surface area (Å²) in [6, 6.07) is 12.4. The predicted molar refractivity (Wildman–Crippen MR) is 102 cm³/mol. The molecule has 8 nitrogen and oxygen atoms in total. The number of nitrogens with zero attached hydrogens (tertiary/aromatic N) is 3. The van der Waals surface area contributed by atoms with E-state index in [4.69, 9.17) is 18.6 Å². The van der Waals surface area contributed by atoms with E-state index in [1.807, 2.05) is 24.3 Å². The third-order valence-electron chi connectivity index (χ3n) is 5.18. The molecule has 0 saturated carbocycles. The third kappa shape index (κ3) is 3.16. The van der Waals surface area contributed by atoms with Gasteiger partial charge < -0.3 is 23.5 Å². The number of fused-ring (bicyclic) bond motifs is 1. The van der Waals surface area contributed by atoms with Crippen LogP contribution >= 0.6 is 0 Å². The second-order valence-electron chi connectivity index (χ2n) is 6.90. The van der Waals surface area contributed by atoms with Gasteiger partial charge in [-0.1, -0.05) is 6.07 Å². The first-order valence-corrected chi connectivity index (χ1v) is 9.41. The van der Waals surface area contributed by atoms with E-state index in [2.05, 4.69) is 10.2 Å². The topological polar surface area (TPSA) is 86.9 Å². The van der Waals surface area contributed by atoms with Crippen LogP contribution in [0.4, 0.5) is 0 Å². The minimum atomic E-state index is -0.250. The molecular formula is C21H19N3O5. The normalized spacial score (nSPS) is 17.6. The van der Waals surface area contributed by atoms with Crippen LogP contribution in [-0.4, -0.2) is 41.5 Å². The van der Waals surface area contributed by atoms with Crippen molar-refractivity contribution in [2.45, 2.75) is 18.9 Å². The first kappa shape index (κ1) is 17.5. The molecule has 0 spiro atoms. The van der Waals surface area contributed by atoms with Crippen molar-refractivity contribution >= 4 is 5.91 Å². The highest BCUT2D eigenvalue weighted by atomic mass is 16.7. The Morgan fingerprint density at radius 1 is 1.14 bits per heavy atom. The molecule has 0 N–H and O–H groups in total. The molecule has 5 rings (SSSR count). The number of carbonyl (C=O) groups is 1. The summed E-state index contributed by atoms with van der Waals surface area (Å²) in [5.41, 5.74) is 1.32. The maximum Gasteiger partial charge on any atom is 0.254 e. The maximum atomic E-state index is 13.1. The van der Waals surface area contributed by atoms with Gasteiger partial charge in [-0.25, -0.2) is 0 Å². The second-order valence-corrected chi connectivity index (χ2v) is 6.90. The summed E-state index contributed by atoms with van der Waals surface area (Å²) in [5, 5.41) is 8.39. The van der Waals surface area contributed by atoms with E-state index in [0.717, 1.165) is 18.4 Å². The maximum absolute atomic E-state index is 13.1. The summed E-state index contributed by atoms with van der Waals surface area (Å²) < 4.78 is 21.9. The molecule has 2 aliphatic rings. The minimum absolute atomic E-state index is 0.0908. The van der Waals surface area contributed by atoms with Crippen LogP contribution in [0.5, 0.6) is 17.2 Å². The Bertz CT molecular complexity index is 1060. The Morgan fingerprint density at radius 3 is 2.93 bits per heavy atom. The smallest absolute Gasteiger partial charge is 0.254 e. The lowest BCUT2D eigenvalue weighted by molar-refractivity contribution is 0.0715. The molecule has 2 aliphatic heterocycles. The number of carbonyl (C=O) groups excluding carboxylic acids is 1. The van der Waals surface area contributed by atoms with Gasteiger partial charge in [-0.3, -0.25) is 4.79 Å². The van der Waals surface area contributed by atoms with Crippen LogP contribution in [0, 0.1) is 0 Å². The molecule has 3 heterocycles. The summed E-state index contributed by atoms with van der Waals surface area (Å²) in [7, 11) is 1.61. The van der Waals surface area contributed by atoms with Gasteiger partial charge in [-0.2, -0.15) is 0 Å². The molecule has 1 amide bonds. The zero-order valence-corrected chi connectivity index (χ0v) is 15.8. The van der Waals surface area contributed by atoms with Crippen molar-refractivity contribution in [1.82, 2.24) is 15.1 Å². The van der Waals surface area contributed by atoms with Gasteiger partial charge in [-0.05, 0) is 49.2 Å². The Kier molecular flexibility index (Phi) is 4.31. The lowest BCUT2D eigenvalue weighted by atomic mass is 10.1. The van der Waals surface area contributed by atoms with Crippen LogP contribution in [0.3, 0.4) is 0 Å². The van der Waals surface area contributed by atoms with Gasteiger partial charge >= 0.3 is 0 Å². The molecule has 0 aliphatic carbocycles. The predicted octanol–water partition coefficient (Wildman–Crippen LogP) is 3.45. The molecule has 1 aromatic heterocycles. The van der Waals surface area contributed by atoms with E-state index in [0.29, 0.717) is 41.1 Å². The number of likely N-dealkylation sites (tertiary alicyclic amines) is 1. The van der Waals surface area contributed by atoms with Gasteiger partial charge in [0.1, 0.15) is 11.8 Å². The van der Waals surface area contributed by atoms with Crippen LogP contribution in [0.2, 0.25) is 0 Å². The fourth-order valence-corrected chi connectivity index (χ4v) is 3.70. The average molecular weight is 393 g/mol. The molecule has 8 heteroatoms. The Balaban J connectivity index is 1.39. The SMILES string of the molecule is COc1cccc(-c2nnc(C3CCCN3C(=O)c3ccc4c(c3)OCO4)o2)c1. The van der Waals surface area contributed by atoms with Crippen molar-refractivity contribution < 1.29 is 23.4 Å². The number of amides is 1. The number of methoxy groups -OCH3 is 1. The molecule has 1 unspecified atom stereocenters. The highest BCUT2D eigenvalue weighted by Crippen LogP contribution is 2.37. The van der Waals surface area contributed by atoms with Gasteiger partial charge in [-0.15, -0.1) is 10.2 Å². The van der Waals surface area contributed by atoms with E-state index < -0.39 is 0 Å². The summed E-state index contributed by atoms with van der Waals surface area (Å²) in [5.74, 6) is 2.70. The highest BCUT2D eigenvalue weighted by Gasteiger charge is 2.35. The van der Waals surface area contributed by atoms with Crippen molar-refractivity contribution in [3.63, 3.8) is 0 Å². The van der Waals surface area contributed by atoms with Gasteiger partial charge in [0.25, 0.3) is 5.91 Å². The fraction of sp³-hybridized carbons (Fsp3) is 0.286. The van der Waals surface area contributed by atoms with E-state index in [1.54, 1.807) is 30.2 Å². The number of rotatable bonds is 4. The fourth-order valence-electron chi connectivity index (χ4n) is 3.70. The van der Waals surface area contributed by atoms with E-state index in [9.17, 15) is 4.79 Å². The number of benzene rings is 2. The lowest BCUT2D eigenvalue weighted by Gasteiger charge is -2.22. The van der Waals surface area contributed by atoms with E-state index in [-0.39, 0.29) is 18.7 Å². The molecule has 1 saturated heterocycles. The Morgan fingerprint density at radius 2 is 2.03 bits per heavy atom. The zero-order chi connectivity index (χ0) is 19.8. The van der Waals surface area contributed by atoms with Gasteiger partial charge in [0.2, 0.25) is 18.6 Å². The monoisotopic (exact) mass is 393 g/mol. The van der Waals surface area contributed by atoms with Crippen LogP contribution in [-0.2, 0) is 0 Å². The van der Waals surface area contributed by atoms with Crippen molar-refractivity contribution in [3.8, 4) is 28.7 Å². The van der Waals surface area contributed by atoms with Crippen LogP contribution < -0.4 is 14.2 Å². The minimum Gasteiger partial charge on any atom is -0.497 e. The van der Waals surface area contributed by atoms with Crippen molar-refractivity contribution in [3.05, 3.63) is 53.9 Å². The van der Waals surface area contributed by atoms with Gasteiger partial charge in [0, 0.05) is 17.7 Å². The first-order valence-electron chi connectivity index (χ1n) is 9.41. The van der Waals surface area contributed by atoms with Gasteiger partial charge in [0.05, 0.1) is 7.11 Å².